The molecule has 7 heteroatoms. The predicted octanol–water partition coefficient (Wildman–Crippen LogP) is 7.78. The summed E-state index contributed by atoms with van der Waals surface area (Å²) in [6.45, 7) is 15.1. The third kappa shape index (κ3) is 3.72. The highest BCUT2D eigenvalue weighted by atomic mass is 35.5. The Bertz CT molecular complexity index is 1250. The largest absolute Gasteiger partial charge is 0.377 e. The second kappa shape index (κ2) is 7.91. The van der Waals surface area contributed by atoms with Gasteiger partial charge in [0.05, 0.1) is 23.1 Å². The summed E-state index contributed by atoms with van der Waals surface area (Å²) in [5.74, 6) is -1.87. The Morgan fingerprint density at radius 2 is 2.00 bits per heavy atom. The molecule has 0 bridgehead atoms. The van der Waals surface area contributed by atoms with Crippen molar-refractivity contribution in [1.29, 1.82) is 0 Å². The van der Waals surface area contributed by atoms with E-state index >= 15 is 0 Å². The molecule has 1 spiro atoms. The Kier molecular flexibility index (Phi) is 5.36. The zero-order valence-electron chi connectivity index (χ0n) is 19.8. The van der Waals surface area contributed by atoms with Gasteiger partial charge in [-0.25, -0.2) is 18.8 Å². The summed E-state index contributed by atoms with van der Waals surface area (Å²) in [5, 5.41) is 3.96. The summed E-state index contributed by atoms with van der Waals surface area (Å²) in [6.07, 6.45) is 0.941. The highest BCUT2D eigenvalue weighted by Crippen LogP contribution is 2.56. The molecule has 5 rings (SSSR count). The number of fused-ring (bicyclic) bond motifs is 3. The standard InChI is InChI=1S/C27H29ClF2N4/c1-15(2)23-21(6-7-22(28)32-23)31-17(4)19-12-16(3)13-20-18(5)34-11-10-26(25(34)33-24(19)20)8-9-27(29,30)14-26/h6-7,12-13,17,31H,1,5,8-11,14H2,2-4H3/t17?,26-/m1/s1. The summed E-state index contributed by atoms with van der Waals surface area (Å²) in [4.78, 5) is 11.6. The van der Waals surface area contributed by atoms with Crippen molar-refractivity contribution in [3.63, 3.8) is 0 Å². The number of amidine groups is 1. The number of aliphatic imine (C=N–C) groups is 1. The fourth-order valence-electron chi connectivity index (χ4n) is 5.69. The third-order valence-electron chi connectivity index (χ3n) is 7.35. The first kappa shape index (κ1) is 23.0. The molecule has 0 amide bonds. The molecule has 2 aliphatic heterocycles. The lowest BCUT2D eigenvalue weighted by Gasteiger charge is -2.34. The Morgan fingerprint density at radius 3 is 2.68 bits per heavy atom. The Hall–Kier alpha value is -2.73. The van der Waals surface area contributed by atoms with E-state index in [4.69, 9.17) is 16.6 Å². The van der Waals surface area contributed by atoms with Gasteiger partial charge in [0.2, 0.25) is 5.92 Å². The predicted molar refractivity (Wildman–Crippen MR) is 136 cm³/mol. The molecule has 1 aromatic carbocycles. The van der Waals surface area contributed by atoms with E-state index in [1.807, 2.05) is 13.0 Å². The maximum Gasteiger partial charge on any atom is 0.249 e. The van der Waals surface area contributed by atoms with Crippen molar-refractivity contribution < 1.29 is 8.78 Å². The quantitative estimate of drug-likeness (QED) is 0.452. The molecular weight excluding hydrogens is 454 g/mol. The number of hydrogen-bond acceptors (Lipinski definition) is 4. The number of anilines is 1. The number of nitrogens with one attached hydrogen (secondary N) is 1. The van der Waals surface area contributed by atoms with Crippen molar-refractivity contribution >= 4 is 40.1 Å². The number of pyridine rings is 1. The van der Waals surface area contributed by atoms with Crippen LogP contribution >= 0.6 is 11.6 Å². The topological polar surface area (TPSA) is 40.5 Å². The van der Waals surface area contributed by atoms with E-state index in [-0.39, 0.29) is 18.9 Å². The van der Waals surface area contributed by atoms with Gasteiger partial charge in [0.15, 0.2) is 0 Å². The lowest BCUT2D eigenvalue weighted by molar-refractivity contribution is 0.00193. The van der Waals surface area contributed by atoms with E-state index in [1.54, 1.807) is 6.07 Å². The average Bonchev–Trinajstić information content (AvgIpc) is 3.28. The summed E-state index contributed by atoms with van der Waals surface area (Å²) in [5.41, 5.74) is 6.50. The highest BCUT2D eigenvalue weighted by molar-refractivity contribution is 6.29. The minimum absolute atomic E-state index is 0.0782. The highest BCUT2D eigenvalue weighted by Gasteiger charge is 2.57. The van der Waals surface area contributed by atoms with E-state index in [0.717, 1.165) is 45.2 Å². The molecule has 2 atom stereocenters. The van der Waals surface area contributed by atoms with Crippen molar-refractivity contribution in [3.8, 4) is 0 Å². The lowest BCUT2D eigenvalue weighted by Crippen LogP contribution is -2.35. The number of aromatic nitrogens is 1. The normalized spacial score (nSPS) is 23.5. The molecule has 0 radical (unpaired) electrons. The van der Waals surface area contributed by atoms with Crippen LogP contribution in [0, 0.1) is 12.3 Å². The number of benzene rings is 1. The van der Waals surface area contributed by atoms with Crippen LogP contribution in [0.4, 0.5) is 20.2 Å². The smallest absolute Gasteiger partial charge is 0.249 e. The zero-order valence-corrected chi connectivity index (χ0v) is 20.6. The molecule has 1 N–H and O–H groups in total. The van der Waals surface area contributed by atoms with Gasteiger partial charge >= 0.3 is 0 Å². The van der Waals surface area contributed by atoms with Crippen LogP contribution in [0.1, 0.15) is 68.0 Å². The van der Waals surface area contributed by atoms with Gasteiger partial charge in [0.25, 0.3) is 0 Å². The first-order chi connectivity index (χ1) is 16.0. The van der Waals surface area contributed by atoms with Crippen LogP contribution in [0.25, 0.3) is 11.3 Å². The molecule has 3 aliphatic rings. The maximum atomic E-state index is 14.3. The van der Waals surface area contributed by atoms with Gasteiger partial charge in [-0.05, 0) is 62.9 Å². The van der Waals surface area contributed by atoms with Crippen molar-refractivity contribution in [2.24, 2.45) is 10.4 Å². The second-order valence-electron chi connectivity index (χ2n) is 10.0. The molecule has 1 saturated carbocycles. The summed E-state index contributed by atoms with van der Waals surface area (Å²) in [6, 6.07) is 7.72. The molecule has 4 nitrogen and oxygen atoms in total. The number of nitrogens with zero attached hydrogens (tertiary/aromatic N) is 3. The first-order valence-corrected chi connectivity index (χ1v) is 12.0. The molecule has 1 unspecified atom stereocenters. The summed E-state index contributed by atoms with van der Waals surface area (Å²) < 4.78 is 28.6. The van der Waals surface area contributed by atoms with Gasteiger partial charge in [-0.2, -0.15) is 0 Å². The maximum absolute atomic E-state index is 14.3. The van der Waals surface area contributed by atoms with Crippen LogP contribution in [0.15, 0.2) is 42.4 Å². The van der Waals surface area contributed by atoms with Gasteiger partial charge in [-0.15, -0.1) is 0 Å². The van der Waals surface area contributed by atoms with E-state index in [2.05, 4.69) is 54.3 Å². The number of hydrogen-bond donors (Lipinski definition) is 1. The van der Waals surface area contributed by atoms with Crippen LogP contribution in [0.5, 0.6) is 0 Å². The number of halogens is 3. The van der Waals surface area contributed by atoms with Gasteiger partial charge in [-0.3, -0.25) is 0 Å². The summed E-state index contributed by atoms with van der Waals surface area (Å²) >= 11 is 6.11. The van der Waals surface area contributed by atoms with Gasteiger partial charge in [0, 0.05) is 41.6 Å². The van der Waals surface area contributed by atoms with E-state index < -0.39 is 11.3 Å². The Labute approximate surface area is 204 Å². The molecule has 178 valence electrons. The van der Waals surface area contributed by atoms with Crippen LogP contribution < -0.4 is 5.32 Å². The number of allylic oxidation sites excluding steroid dienone is 1. The molecule has 3 heterocycles. The van der Waals surface area contributed by atoms with Crippen molar-refractivity contribution in [3.05, 3.63) is 65.0 Å². The van der Waals surface area contributed by atoms with E-state index in [1.165, 1.54) is 0 Å². The van der Waals surface area contributed by atoms with Gasteiger partial charge in [0.1, 0.15) is 11.0 Å². The minimum atomic E-state index is -2.63. The van der Waals surface area contributed by atoms with Gasteiger partial charge < -0.3 is 10.2 Å². The molecule has 1 saturated heterocycles. The van der Waals surface area contributed by atoms with Crippen LogP contribution in [0.3, 0.4) is 0 Å². The zero-order chi connectivity index (χ0) is 24.4. The molecule has 2 aromatic rings. The van der Waals surface area contributed by atoms with Crippen molar-refractivity contribution in [2.75, 3.05) is 11.9 Å². The third-order valence-corrected chi connectivity index (χ3v) is 7.56. The van der Waals surface area contributed by atoms with Gasteiger partial charge in [-0.1, -0.05) is 30.8 Å². The Morgan fingerprint density at radius 1 is 1.24 bits per heavy atom. The van der Waals surface area contributed by atoms with Crippen LogP contribution in [-0.4, -0.2) is 28.2 Å². The lowest BCUT2D eigenvalue weighted by atomic mass is 9.83. The Balaban J connectivity index is 1.58. The molecule has 34 heavy (non-hydrogen) atoms. The first-order valence-electron chi connectivity index (χ1n) is 11.7. The van der Waals surface area contributed by atoms with E-state index in [9.17, 15) is 8.78 Å². The molecule has 1 aromatic heterocycles. The van der Waals surface area contributed by atoms with Crippen molar-refractivity contribution in [1.82, 2.24) is 9.88 Å². The van der Waals surface area contributed by atoms with Crippen LogP contribution in [-0.2, 0) is 0 Å². The second-order valence-corrected chi connectivity index (χ2v) is 10.4. The van der Waals surface area contributed by atoms with Crippen LogP contribution in [0.2, 0.25) is 5.15 Å². The average molecular weight is 483 g/mol. The molecule has 1 aliphatic carbocycles. The number of alkyl halides is 2. The molecule has 2 fully saturated rings. The fraction of sp³-hybridized carbons (Fsp3) is 0.407. The monoisotopic (exact) mass is 482 g/mol. The number of rotatable bonds is 4. The van der Waals surface area contributed by atoms with E-state index in [0.29, 0.717) is 30.2 Å². The minimum Gasteiger partial charge on any atom is -0.377 e. The molecular formula is C27H29ClF2N4. The van der Waals surface area contributed by atoms with Crippen molar-refractivity contribution in [2.45, 2.75) is 58.4 Å². The number of aryl methyl sites for hydroxylation is 1. The fourth-order valence-corrected chi connectivity index (χ4v) is 5.84. The SMILES string of the molecule is C=C(C)c1nc(Cl)ccc1NC(C)c1cc(C)cc2c1N=C1N(CC[C@@]13CCC(F)(F)C3)C2=C. The summed E-state index contributed by atoms with van der Waals surface area (Å²) in [7, 11) is 0.